The largest absolute Gasteiger partial charge is 0.352 e. The first-order valence-electron chi connectivity index (χ1n) is 6.56. The van der Waals surface area contributed by atoms with E-state index in [-0.39, 0.29) is 6.04 Å². The van der Waals surface area contributed by atoms with E-state index < -0.39 is 6.03 Å². The molecule has 0 aliphatic carbocycles. The molecule has 1 heterocycles. The van der Waals surface area contributed by atoms with Gasteiger partial charge in [0.25, 0.3) is 0 Å². The van der Waals surface area contributed by atoms with Crippen LogP contribution in [-0.4, -0.2) is 25.2 Å². The lowest BCUT2D eigenvalue weighted by molar-refractivity contribution is 0.243. The minimum atomic E-state index is -0.392. The van der Waals surface area contributed by atoms with Crippen LogP contribution in [0.25, 0.3) is 0 Å². The number of primary amides is 1. The van der Waals surface area contributed by atoms with Crippen molar-refractivity contribution in [2.24, 2.45) is 5.73 Å². The Morgan fingerprint density at radius 1 is 1.00 bits per heavy atom. The van der Waals surface area contributed by atoms with Crippen molar-refractivity contribution < 1.29 is 4.79 Å². The van der Waals surface area contributed by atoms with Gasteiger partial charge in [-0.1, -0.05) is 32.1 Å². The molecule has 94 valence electrons. The number of hydrogen-bond donors (Lipinski definition) is 3. The summed E-state index contributed by atoms with van der Waals surface area (Å²) in [5.41, 5.74) is 5.17. The van der Waals surface area contributed by atoms with Crippen molar-refractivity contribution in [3.05, 3.63) is 0 Å². The maximum atomic E-state index is 10.8. The third-order valence-electron chi connectivity index (χ3n) is 3.17. The molecule has 0 bridgehead atoms. The predicted octanol–water partition coefficient (Wildman–Crippen LogP) is 1.75. The Morgan fingerprint density at radius 2 is 1.69 bits per heavy atom. The lowest BCUT2D eigenvalue weighted by Crippen LogP contribution is -2.40. The summed E-state index contributed by atoms with van der Waals surface area (Å²) in [7, 11) is 0. The van der Waals surface area contributed by atoms with Crippen LogP contribution in [0.5, 0.6) is 0 Å². The zero-order valence-electron chi connectivity index (χ0n) is 10.1. The molecule has 16 heavy (non-hydrogen) atoms. The zero-order chi connectivity index (χ0) is 11.6. The molecule has 1 aliphatic rings. The van der Waals surface area contributed by atoms with Crippen molar-refractivity contribution in [3.8, 4) is 0 Å². The van der Waals surface area contributed by atoms with Gasteiger partial charge >= 0.3 is 6.03 Å². The van der Waals surface area contributed by atoms with Gasteiger partial charge in [-0.15, -0.1) is 0 Å². The van der Waals surface area contributed by atoms with Crippen LogP contribution in [0.15, 0.2) is 0 Å². The molecule has 4 N–H and O–H groups in total. The van der Waals surface area contributed by atoms with Gasteiger partial charge < -0.3 is 16.4 Å². The van der Waals surface area contributed by atoms with E-state index in [4.69, 9.17) is 5.73 Å². The number of rotatable bonds is 1. The van der Waals surface area contributed by atoms with Gasteiger partial charge in [-0.05, 0) is 32.4 Å². The molecule has 4 heteroatoms. The molecule has 1 atom stereocenters. The van der Waals surface area contributed by atoms with Gasteiger partial charge in [-0.2, -0.15) is 0 Å². The van der Waals surface area contributed by atoms with Crippen LogP contribution in [-0.2, 0) is 0 Å². The summed E-state index contributed by atoms with van der Waals surface area (Å²) in [6.45, 7) is 2.08. The topological polar surface area (TPSA) is 67.2 Å². The third kappa shape index (κ3) is 6.67. The maximum absolute atomic E-state index is 10.8. The summed E-state index contributed by atoms with van der Waals surface area (Å²) >= 11 is 0. The van der Waals surface area contributed by atoms with Crippen LogP contribution in [0.3, 0.4) is 0 Å². The smallest absolute Gasteiger partial charge is 0.312 e. The first-order chi connectivity index (χ1) is 7.79. The lowest BCUT2D eigenvalue weighted by atomic mass is 10.0. The van der Waals surface area contributed by atoms with Gasteiger partial charge in [0.15, 0.2) is 0 Å². The summed E-state index contributed by atoms with van der Waals surface area (Å²) in [4.78, 5) is 10.8. The molecule has 0 radical (unpaired) electrons. The molecule has 1 saturated heterocycles. The van der Waals surface area contributed by atoms with Crippen molar-refractivity contribution in [2.75, 3.05) is 13.1 Å². The highest BCUT2D eigenvalue weighted by Crippen LogP contribution is 2.11. The number of nitrogens with one attached hydrogen (secondary N) is 2. The zero-order valence-corrected chi connectivity index (χ0v) is 10.1. The highest BCUT2D eigenvalue weighted by atomic mass is 16.2. The van der Waals surface area contributed by atoms with E-state index in [0.29, 0.717) is 0 Å². The van der Waals surface area contributed by atoms with Gasteiger partial charge in [0.05, 0.1) is 0 Å². The highest BCUT2D eigenvalue weighted by molar-refractivity contribution is 5.71. The molecule has 0 aromatic carbocycles. The minimum absolute atomic E-state index is 0.254. The Bertz CT molecular complexity index is 185. The average molecular weight is 227 g/mol. The summed E-state index contributed by atoms with van der Waals surface area (Å²) in [6, 6.07) is -0.137. The van der Waals surface area contributed by atoms with Crippen molar-refractivity contribution in [3.63, 3.8) is 0 Å². The molecule has 0 aromatic heterocycles. The number of amides is 2. The maximum Gasteiger partial charge on any atom is 0.312 e. The van der Waals surface area contributed by atoms with Crippen LogP contribution in [0, 0.1) is 0 Å². The summed E-state index contributed by atoms with van der Waals surface area (Å²) in [5, 5.41) is 6.25. The SMILES string of the molecule is NC(=O)NC1CCCCCCCCNCC1. The molecule has 0 aromatic rings. The van der Waals surface area contributed by atoms with Crippen molar-refractivity contribution in [1.82, 2.24) is 10.6 Å². The molecule has 1 rings (SSSR count). The quantitative estimate of drug-likeness (QED) is 0.639. The third-order valence-corrected chi connectivity index (χ3v) is 3.17. The van der Waals surface area contributed by atoms with E-state index in [1.165, 1.54) is 38.5 Å². The fourth-order valence-electron chi connectivity index (χ4n) is 2.24. The van der Waals surface area contributed by atoms with Crippen molar-refractivity contribution >= 4 is 6.03 Å². The van der Waals surface area contributed by atoms with Gasteiger partial charge in [-0.3, -0.25) is 0 Å². The Balaban J connectivity index is 2.27. The molecular formula is C12H25N3O. The standard InChI is InChI=1S/C12H25N3O/c13-12(16)15-11-7-5-3-1-2-4-6-9-14-10-8-11/h11,14H,1-10H2,(H3,13,15,16). The first kappa shape index (κ1) is 13.3. The van der Waals surface area contributed by atoms with Crippen LogP contribution >= 0.6 is 0 Å². The molecule has 1 aliphatic heterocycles. The van der Waals surface area contributed by atoms with Gasteiger partial charge in [-0.25, -0.2) is 4.79 Å². The van der Waals surface area contributed by atoms with Gasteiger partial charge in [0, 0.05) is 6.04 Å². The second-order valence-electron chi connectivity index (χ2n) is 4.65. The molecule has 4 nitrogen and oxygen atoms in total. The van der Waals surface area contributed by atoms with Crippen LogP contribution in [0.1, 0.15) is 51.4 Å². The number of carbonyl (C=O) groups is 1. The Hall–Kier alpha value is -0.770. The highest BCUT2D eigenvalue weighted by Gasteiger charge is 2.10. The molecule has 1 unspecified atom stereocenters. The van der Waals surface area contributed by atoms with E-state index in [1.54, 1.807) is 0 Å². The summed E-state index contributed by atoms with van der Waals surface area (Å²) in [6.07, 6.45) is 9.81. The van der Waals surface area contributed by atoms with E-state index in [0.717, 1.165) is 25.9 Å². The Labute approximate surface area is 98.3 Å². The van der Waals surface area contributed by atoms with Gasteiger partial charge in [0.2, 0.25) is 0 Å². The summed E-state index contributed by atoms with van der Waals surface area (Å²) < 4.78 is 0. The Kier molecular flexibility index (Phi) is 6.97. The molecule has 2 amide bonds. The van der Waals surface area contributed by atoms with Crippen molar-refractivity contribution in [1.29, 1.82) is 0 Å². The predicted molar refractivity (Wildman–Crippen MR) is 66.3 cm³/mol. The van der Waals surface area contributed by atoms with E-state index >= 15 is 0 Å². The number of hydrogen-bond acceptors (Lipinski definition) is 2. The average Bonchev–Trinajstić information content (AvgIpc) is 2.21. The molecule has 0 spiro atoms. The van der Waals surface area contributed by atoms with Crippen LogP contribution in [0.4, 0.5) is 4.79 Å². The van der Waals surface area contributed by atoms with Crippen LogP contribution in [0.2, 0.25) is 0 Å². The molecule has 1 fully saturated rings. The Morgan fingerprint density at radius 3 is 2.44 bits per heavy atom. The first-order valence-corrected chi connectivity index (χ1v) is 6.56. The fraction of sp³-hybridized carbons (Fsp3) is 0.917. The van der Waals surface area contributed by atoms with Crippen LogP contribution < -0.4 is 16.4 Å². The minimum Gasteiger partial charge on any atom is -0.352 e. The van der Waals surface area contributed by atoms with E-state index in [2.05, 4.69) is 10.6 Å². The number of nitrogens with two attached hydrogens (primary N) is 1. The van der Waals surface area contributed by atoms with E-state index in [9.17, 15) is 4.79 Å². The van der Waals surface area contributed by atoms with E-state index in [1.807, 2.05) is 0 Å². The number of carbonyl (C=O) groups excluding carboxylic acids is 1. The van der Waals surface area contributed by atoms with Gasteiger partial charge in [0.1, 0.15) is 0 Å². The monoisotopic (exact) mass is 227 g/mol. The fourth-order valence-corrected chi connectivity index (χ4v) is 2.24. The normalized spacial score (nSPS) is 25.1. The second kappa shape index (κ2) is 8.39. The summed E-state index contributed by atoms with van der Waals surface area (Å²) in [5.74, 6) is 0. The number of urea groups is 1. The van der Waals surface area contributed by atoms with Crippen molar-refractivity contribution in [2.45, 2.75) is 57.4 Å². The lowest BCUT2D eigenvalue weighted by Gasteiger charge is -2.18. The molecular weight excluding hydrogens is 202 g/mol. The second-order valence-corrected chi connectivity index (χ2v) is 4.65. The molecule has 0 saturated carbocycles.